The fourth-order valence-corrected chi connectivity index (χ4v) is 2.15. The third-order valence-corrected chi connectivity index (χ3v) is 3.36. The van der Waals surface area contributed by atoms with Crippen molar-refractivity contribution >= 4 is 17.3 Å². The van der Waals surface area contributed by atoms with Crippen molar-refractivity contribution < 1.29 is 9.90 Å². The summed E-state index contributed by atoms with van der Waals surface area (Å²) in [5.41, 5.74) is 2.23. The average Bonchev–Trinajstić information content (AvgIpc) is 2.78. The molecule has 0 saturated carbocycles. The Kier molecular flexibility index (Phi) is 3.01. The summed E-state index contributed by atoms with van der Waals surface area (Å²) in [4.78, 5) is 15.1. The van der Waals surface area contributed by atoms with Gasteiger partial charge in [0.2, 0.25) is 0 Å². The van der Waals surface area contributed by atoms with Crippen LogP contribution in [0.15, 0.2) is 30.5 Å². The fraction of sp³-hybridized carbons (Fsp3) is 0.167. The Hall–Kier alpha value is -1.68. The number of aromatic nitrogens is 1. The number of aryl methyl sites for hydroxylation is 1. The van der Waals surface area contributed by atoms with Crippen molar-refractivity contribution in [2.24, 2.45) is 0 Å². The van der Waals surface area contributed by atoms with Gasteiger partial charge in [0.05, 0.1) is 6.20 Å². The number of hydrogen-bond donors (Lipinski definition) is 1. The number of thiazole rings is 1. The van der Waals surface area contributed by atoms with Gasteiger partial charge in [-0.1, -0.05) is 31.2 Å². The van der Waals surface area contributed by atoms with Crippen molar-refractivity contribution in [3.05, 3.63) is 40.9 Å². The number of benzene rings is 1. The van der Waals surface area contributed by atoms with E-state index in [0.717, 1.165) is 17.0 Å². The minimum absolute atomic E-state index is 0.273. The van der Waals surface area contributed by atoms with E-state index in [2.05, 4.69) is 11.9 Å². The van der Waals surface area contributed by atoms with Crippen LogP contribution in [0.25, 0.3) is 10.6 Å². The third kappa shape index (κ3) is 2.12. The highest BCUT2D eigenvalue weighted by atomic mass is 32.1. The van der Waals surface area contributed by atoms with Crippen LogP contribution in [0.5, 0.6) is 0 Å². The number of carboxylic acid groups (broad SMARTS) is 1. The van der Waals surface area contributed by atoms with Crippen molar-refractivity contribution in [3.8, 4) is 10.6 Å². The Labute approximate surface area is 97.4 Å². The Balaban J connectivity index is 2.31. The predicted octanol–water partition coefficient (Wildman–Crippen LogP) is 3.07. The summed E-state index contributed by atoms with van der Waals surface area (Å²) in [5, 5.41) is 9.55. The molecule has 1 N–H and O–H groups in total. The SMILES string of the molecule is CCc1ccc(-c2ncc(C(=O)O)s2)cc1. The van der Waals surface area contributed by atoms with Gasteiger partial charge in [0, 0.05) is 5.56 Å². The van der Waals surface area contributed by atoms with Gasteiger partial charge in [-0.3, -0.25) is 0 Å². The van der Waals surface area contributed by atoms with E-state index in [0.29, 0.717) is 0 Å². The first-order valence-electron chi connectivity index (χ1n) is 4.99. The highest BCUT2D eigenvalue weighted by Gasteiger charge is 2.09. The first-order valence-corrected chi connectivity index (χ1v) is 5.80. The molecule has 0 unspecified atom stereocenters. The van der Waals surface area contributed by atoms with Crippen LogP contribution in [0.3, 0.4) is 0 Å². The molecule has 82 valence electrons. The molecule has 2 aromatic rings. The molecule has 0 saturated heterocycles. The molecule has 4 heteroatoms. The van der Waals surface area contributed by atoms with Gasteiger partial charge in [-0.15, -0.1) is 11.3 Å². The van der Waals surface area contributed by atoms with Gasteiger partial charge in [-0.2, -0.15) is 0 Å². The normalized spacial score (nSPS) is 10.3. The molecule has 0 amide bonds. The Bertz CT molecular complexity index is 502. The maximum Gasteiger partial charge on any atom is 0.347 e. The molecule has 2 rings (SSSR count). The van der Waals surface area contributed by atoms with Gasteiger partial charge < -0.3 is 5.11 Å². The molecule has 1 aromatic carbocycles. The lowest BCUT2D eigenvalue weighted by Gasteiger charge is -1.98. The Morgan fingerprint density at radius 3 is 2.56 bits per heavy atom. The van der Waals surface area contributed by atoms with E-state index in [1.165, 1.54) is 23.1 Å². The standard InChI is InChI=1S/C12H11NO2S/c1-2-8-3-5-9(6-4-8)11-13-7-10(16-11)12(14)15/h3-7H,2H2,1H3,(H,14,15). The van der Waals surface area contributed by atoms with Crippen LogP contribution in [0.4, 0.5) is 0 Å². The van der Waals surface area contributed by atoms with Crippen molar-refractivity contribution in [3.63, 3.8) is 0 Å². The molecule has 0 aliphatic heterocycles. The largest absolute Gasteiger partial charge is 0.477 e. The summed E-state index contributed by atoms with van der Waals surface area (Å²) in [6.07, 6.45) is 2.40. The van der Waals surface area contributed by atoms with Crippen molar-refractivity contribution in [1.82, 2.24) is 4.98 Å². The van der Waals surface area contributed by atoms with Crippen LogP contribution < -0.4 is 0 Å². The van der Waals surface area contributed by atoms with E-state index < -0.39 is 5.97 Å². The molecule has 0 bridgehead atoms. The van der Waals surface area contributed by atoms with Gasteiger partial charge in [0.15, 0.2) is 0 Å². The van der Waals surface area contributed by atoms with E-state index >= 15 is 0 Å². The second-order valence-corrected chi connectivity index (χ2v) is 4.42. The first kappa shape index (κ1) is 10.8. The van der Waals surface area contributed by atoms with E-state index in [-0.39, 0.29) is 4.88 Å². The van der Waals surface area contributed by atoms with Crippen LogP contribution in [0.2, 0.25) is 0 Å². The Morgan fingerprint density at radius 1 is 1.38 bits per heavy atom. The predicted molar refractivity (Wildman–Crippen MR) is 63.9 cm³/mol. The zero-order chi connectivity index (χ0) is 11.5. The molecule has 16 heavy (non-hydrogen) atoms. The maximum atomic E-state index is 10.7. The molecular weight excluding hydrogens is 222 g/mol. The second-order valence-electron chi connectivity index (χ2n) is 3.39. The minimum atomic E-state index is -0.922. The summed E-state index contributed by atoms with van der Waals surface area (Å²) >= 11 is 1.20. The van der Waals surface area contributed by atoms with Gasteiger partial charge in [-0.05, 0) is 12.0 Å². The molecule has 0 spiro atoms. The smallest absolute Gasteiger partial charge is 0.347 e. The van der Waals surface area contributed by atoms with Gasteiger partial charge in [-0.25, -0.2) is 9.78 Å². The maximum absolute atomic E-state index is 10.7. The van der Waals surface area contributed by atoms with Crippen LogP contribution >= 0.6 is 11.3 Å². The number of aromatic carboxylic acids is 1. The minimum Gasteiger partial charge on any atom is -0.477 e. The summed E-state index contributed by atoms with van der Waals surface area (Å²) in [7, 11) is 0. The molecule has 0 fully saturated rings. The number of rotatable bonds is 3. The van der Waals surface area contributed by atoms with Crippen molar-refractivity contribution in [1.29, 1.82) is 0 Å². The topological polar surface area (TPSA) is 50.2 Å². The Morgan fingerprint density at radius 2 is 2.06 bits per heavy atom. The van der Waals surface area contributed by atoms with Gasteiger partial charge >= 0.3 is 5.97 Å². The molecule has 0 radical (unpaired) electrons. The lowest BCUT2D eigenvalue weighted by molar-refractivity contribution is 0.0702. The summed E-state index contributed by atoms with van der Waals surface area (Å²) < 4.78 is 0. The van der Waals surface area contributed by atoms with E-state index in [4.69, 9.17) is 5.11 Å². The lowest BCUT2D eigenvalue weighted by atomic mass is 10.1. The number of nitrogens with zero attached hydrogens (tertiary/aromatic N) is 1. The van der Waals surface area contributed by atoms with E-state index in [1.807, 2.05) is 24.3 Å². The number of hydrogen-bond acceptors (Lipinski definition) is 3. The summed E-state index contributed by atoms with van der Waals surface area (Å²) in [5.74, 6) is -0.922. The zero-order valence-electron chi connectivity index (χ0n) is 8.80. The lowest BCUT2D eigenvalue weighted by Crippen LogP contribution is -1.89. The molecule has 0 aliphatic carbocycles. The van der Waals surface area contributed by atoms with Crippen molar-refractivity contribution in [2.75, 3.05) is 0 Å². The van der Waals surface area contributed by atoms with Gasteiger partial charge in [0.25, 0.3) is 0 Å². The van der Waals surface area contributed by atoms with Crippen LogP contribution in [-0.4, -0.2) is 16.1 Å². The van der Waals surface area contributed by atoms with E-state index in [9.17, 15) is 4.79 Å². The third-order valence-electron chi connectivity index (χ3n) is 2.33. The number of carbonyl (C=O) groups is 1. The molecule has 3 nitrogen and oxygen atoms in total. The van der Waals surface area contributed by atoms with Gasteiger partial charge in [0.1, 0.15) is 9.88 Å². The quantitative estimate of drug-likeness (QED) is 0.886. The first-order chi connectivity index (χ1) is 7.70. The molecular formula is C12H11NO2S. The highest BCUT2D eigenvalue weighted by Crippen LogP contribution is 2.25. The summed E-state index contributed by atoms with van der Waals surface area (Å²) in [6, 6.07) is 8.03. The van der Waals surface area contributed by atoms with Crippen molar-refractivity contribution in [2.45, 2.75) is 13.3 Å². The summed E-state index contributed by atoms with van der Waals surface area (Å²) in [6.45, 7) is 2.10. The highest BCUT2D eigenvalue weighted by molar-refractivity contribution is 7.16. The van der Waals surface area contributed by atoms with Crippen LogP contribution in [0, 0.1) is 0 Å². The second kappa shape index (κ2) is 4.45. The monoisotopic (exact) mass is 233 g/mol. The van der Waals surface area contributed by atoms with E-state index in [1.54, 1.807) is 0 Å². The molecule has 1 heterocycles. The molecule has 1 aromatic heterocycles. The molecule has 0 atom stereocenters. The zero-order valence-corrected chi connectivity index (χ0v) is 9.62. The molecule has 0 aliphatic rings. The average molecular weight is 233 g/mol. The van der Waals surface area contributed by atoms with Crippen LogP contribution in [-0.2, 0) is 6.42 Å². The van der Waals surface area contributed by atoms with Crippen LogP contribution in [0.1, 0.15) is 22.2 Å². The fourth-order valence-electron chi connectivity index (χ4n) is 1.39. The number of carboxylic acids is 1.